The van der Waals surface area contributed by atoms with Crippen LogP contribution >= 0.6 is 0 Å². The summed E-state index contributed by atoms with van der Waals surface area (Å²) in [6.07, 6.45) is -1.80. The molecule has 2 nitrogen and oxygen atoms in total. The molecule has 5 heteroatoms. The minimum atomic E-state index is -4.13. The monoisotopic (exact) mass is 222 g/mol. The first-order valence-corrected chi connectivity index (χ1v) is 5.54. The van der Waals surface area contributed by atoms with Crippen LogP contribution in [0.1, 0.15) is 26.2 Å². The smallest absolute Gasteiger partial charge is 0.303 e. The number of likely N-dealkylation sites (tertiary alicyclic amines) is 1. The van der Waals surface area contributed by atoms with E-state index in [4.69, 9.17) is 0 Å². The van der Waals surface area contributed by atoms with E-state index < -0.39 is 11.7 Å². The van der Waals surface area contributed by atoms with Crippen molar-refractivity contribution in [3.8, 4) is 0 Å². The predicted molar refractivity (Wildman–Crippen MR) is 51.7 cm³/mol. The molecule has 0 spiro atoms. The van der Waals surface area contributed by atoms with Gasteiger partial charge in [0.05, 0.1) is 0 Å². The Balaban J connectivity index is 2.07. The molecular weight excluding hydrogens is 205 g/mol. The number of halogens is 3. The van der Waals surface area contributed by atoms with E-state index in [0.717, 1.165) is 12.8 Å². The number of nitrogens with one attached hydrogen (secondary N) is 1. The number of hydrogen-bond acceptors (Lipinski definition) is 2. The minimum absolute atomic E-state index is 0.134. The van der Waals surface area contributed by atoms with Crippen LogP contribution in [-0.2, 0) is 0 Å². The Bertz CT molecular complexity index is 237. The fourth-order valence-electron chi connectivity index (χ4n) is 2.40. The number of hydrogen-bond donors (Lipinski definition) is 1. The second-order valence-corrected chi connectivity index (χ2v) is 4.56. The number of rotatable bonds is 3. The zero-order valence-electron chi connectivity index (χ0n) is 8.90. The molecule has 0 aromatic heterocycles. The van der Waals surface area contributed by atoms with Gasteiger partial charge in [0, 0.05) is 19.1 Å². The summed E-state index contributed by atoms with van der Waals surface area (Å²) in [5.74, 6) is 0. The Kier molecular flexibility index (Phi) is 2.71. The fraction of sp³-hybridized carbons (Fsp3) is 1.00. The average Bonchev–Trinajstić information content (AvgIpc) is 2.88. The van der Waals surface area contributed by atoms with Gasteiger partial charge in [-0.3, -0.25) is 4.90 Å². The summed E-state index contributed by atoms with van der Waals surface area (Å²) in [6.45, 7) is 2.82. The lowest BCUT2D eigenvalue weighted by Gasteiger charge is -2.32. The van der Waals surface area contributed by atoms with Gasteiger partial charge in [-0.25, -0.2) is 0 Å². The summed E-state index contributed by atoms with van der Waals surface area (Å²) >= 11 is 0. The van der Waals surface area contributed by atoms with Crippen molar-refractivity contribution in [2.45, 2.75) is 43.9 Å². The zero-order chi connectivity index (χ0) is 11.1. The van der Waals surface area contributed by atoms with Gasteiger partial charge in [-0.1, -0.05) is 6.92 Å². The van der Waals surface area contributed by atoms with Crippen LogP contribution in [0.2, 0.25) is 0 Å². The number of alkyl halides is 3. The first-order chi connectivity index (χ1) is 6.98. The lowest BCUT2D eigenvalue weighted by molar-refractivity contribution is -0.192. The molecule has 2 fully saturated rings. The highest BCUT2D eigenvalue weighted by Crippen LogP contribution is 2.41. The second-order valence-electron chi connectivity index (χ2n) is 4.56. The molecule has 15 heavy (non-hydrogen) atoms. The molecule has 1 aliphatic carbocycles. The van der Waals surface area contributed by atoms with Gasteiger partial charge >= 0.3 is 6.18 Å². The average molecular weight is 222 g/mol. The highest BCUT2D eigenvalue weighted by molar-refractivity contribution is 5.05. The molecule has 0 radical (unpaired) electrons. The van der Waals surface area contributed by atoms with Crippen LogP contribution in [0.25, 0.3) is 0 Å². The topological polar surface area (TPSA) is 15.3 Å². The zero-order valence-corrected chi connectivity index (χ0v) is 8.90. The Morgan fingerprint density at radius 3 is 2.53 bits per heavy atom. The van der Waals surface area contributed by atoms with Crippen LogP contribution < -0.4 is 5.32 Å². The van der Waals surface area contributed by atoms with Crippen molar-refractivity contribution in [1.82, 2.24) is 10.2 Å². The van der Waals surface area contributed by atoms with E-state index >= 15 is 0 Å². The number of nitrogens with zero attached hydrogens (tertiary/aromatic N) is 1. The van der Waals surface area contributed by atoms with E-state index in [9.17, 15) is 13.2 Å². The molecule has 88 valence electrons. The van der Waals surface area contributed by atoms with E-state index in [2.05, 4.69) is 5.32 Å². The Morgan fingerprint density at radius 1 is 1.40 bits per heavy atom. The largest absolute Gasteiger partial charge is 0.407 e. The maximum atomic E-state index is 13.0. The summed E-state index contributed by atoms with van der Waals surface area (Å²) in [5, 5.41) is 2.64. The van der Waals surface area contributed by atoms with Crippen LogP contribution in [0.5, 0.6) is 0 Å². The molecule has 1 unspecified atom stereocenters. The van der Waals surface area contributed by atoms with Crippen molar-refractivity contribution in [3.63, 3.8) is 0 Å². The lowest BCUT2D eigenvalue weighted by atomic mass is 9.98. The van der Waals surface area contributed by atoms with Crippen molar-refractivity contribution in [1.29, 1.82) is 0 Å². The lowest BCUT2D eigenvalue weighted by Crippen LogP contribution is -2.58. The van der Waals surface area contributed by atoms with E-state index in [0.29, 0.717) is 19.1 Å². The molecule has 2 aliphatic rings. The molecule has 1 N–H and O–H groups in total. The predicted octanol–water partition coefficient (Wildman–Crippen LogP) is 1.77. The minimum Gasteiger partial charge on any atom is -0.303 e. The van der Waals surface area contributed by atoms with Crippen LogP contribution in [0.15, 0.2) is 0 Å². The Hall–Kier alpha value is -0.290. The summed E-state index contributed by atoms with van der Waals surface area (Å²) in [4.78, 5) is 1.98. The van der Waals surface area contributed by atoms with E-state index in [1.165, 1.54) is 0 Å². The maximum absolute atomic E-state index is 13.0. The normalized spacial score (nSPS) is 33.6. The molecule has 1 atom stereocenters. The molecule has 0 aromatic carbocycles. The summed E-state index contributed by atoms with van der Waals surface area (Å²) in [7, 11) is 0. The highest BCUT2D eigenvalue weighted by atomic mass is 19.4. The van der Waals surface area contributed by atoms with Crippen molar-refractivity contribution < 1.29 is 13.2 Å². The van der Waals surface area contributed by atoms with Crippen molar-refractivity contribution in [2.75, 3.05) is 19.6 Å². The first kappa shape index (κ1) is 11.2. The van der Waals surface area contributed by atoms with E-state index in [1.54, 1.807) is 6.92 Å². The van der Waals surface area contributed by atoms with Gasteiger partial charge in [0.25, 0.3) is 0 Å². The third kappa shape index (κ3) is 1.99. The number of likely N-dealkylation sites (N-methyl/N-ethyl adjacent to an activating group) is 1. The van der Waals surface area contributed by atoms with Gasteiger partial charge in [0.15, 0.2) is 0 Å². The van der Waals surface area contributed by atoms with Crippen molar-refractivity contribution >= 4 is 0 Å². The summed E-state index contributed by atoms with van der Waals surface area (Å²) in [6, 6.07) is 0.424. The third-order valence-electron chi connectivity index (χ3n) is 3.42. The molecular formula is C10H17F3N2. The van der Waals surface area contributed by atoms with E-state index in [1.807, 2.05) is 4.90 Å². The van der Waals surface area contributed by atoms with Gasteiger partial charge in [0.2, 0.25) is 0 Å². The first-order valence-electron chi connectivity index (χ1n) is 5.54. The third-order valence-corrected chi connectivity index (χ3v) is 3.42. The van der Waals surface area contributed by atoms with Gasteiger partial charge in [0.1, 0.15) is 5.54 Å². The van der Waals surface area contributed by atoms with Crippen LogP contribution in [0.4, 0.5) is 13.2 Å². The molecule has 1 saturated carbocycles. The van der Waals surface area contributed by atoms with Crippen molar-refractivity contribution in [3.05, 3.63) is 0 Å². The standard InChI is InChI=1S/C10H17F3N2/c1-2-14-9(10(11,12)13)5-6-15(7-9)8-3-4-8/h8,14H,2-7H2,1H3. The molecule has 2 rings (SSSR count). The van der Waals surface area contributed by atoms with Crippen LogP contribution in [0, 0.1) is 0 Å². The van der Waals surface area contributed by atoms with Crippen LogP contribution in [0.3, 0.4) is 0 Å². The van der Waals surface area contributed by atoms with Gasteiger partial charge in [-0.05, 0) is 25.8 Å². The SMILES string of the molecule is CCNC1(C(F)(F)F)CCN(C2CC2)C1. The van der Waals surface area contributed by atoms with Gasteiger partial charge < -0.3 is 5.32 Å². The molecule has 0 aromatic rings. The van der Waals surface area contributed by atoms with Crippen LogP contribution in [-0.4, -0.2) is 42.3 Å². The summed E-state index contributed by atoms with van der Waals surface area (Å²) < 4.78 is 38.9. The molecule has 0 amide bonds. The second kappa shape index (κ2) is 3.63. The van der Waals surface area contributed by atoms with Crippen molar-refractivity contribution in [2.24, 2.45) is 0 Å². The molecule has 1 saturated heterocycles. The fourth-order valence-corrected chi connectivity index (χ4v) is 2.40. The summed E-state index contributed by atoms with van der Waals surface area (Å²) in [5.41, 5.74) is -1.65. The Morgan fingerprint density at radius 2 is 2.07 bits per heavy atom. The molecule has 1 heterocycles. The quantitative estimate of drug-likeness (QED) is 0.782. The Labute approximate surface area is 87.8 Å². The van der Waals surface area contributed by atoms with Gasteiger partial charge in [-0.2, -0.15) is 13.2 Å². The van der Waals surface area contributed by atoms with Gasteiger partial charge in [-0.15, -0.1) is 0 Å². The molecule has 1 aliphatic heterocycles. The van der Waals surface area contributed by atoms with E-state index in [-0.39, 0.29) is 13.0 Å². The highest BCUT2D eigenvalue weighted by Gasteiger charge is 2.58. The molecule has 0 bridgehead atoms. The maximum Gasteiger partial charge on any atom is 0.407 e.